The van der Waals surface area contributed by atoms with Crippen molar-refractivity contribution in [2.45, 2.75) is 39.7 Å². The highest BCUT2D eigenvalue weighted by Gasteiger charge is 2.34. The zero-order valence-corrected chi connectivity index (χ0v) is 22.4. The largest absolute Gasteiger partial charge is 0.507 e. The van der Waals surface area contributed by atoms with E-state index in [2.05, 4.69) is 0 Å². The average Bonchev–Trinajstić information content (AvgIpc) is 2.85. The van der Waals surface area contributed by atoms with Gasteiger partial charge in [-0.1, -0.05) is 29.8 Å². The Morgan fingerprint density at radius 1 is 0.923 bits per heavy atom. The van der Waals surface area contributed by atoms with Gasteiger partial charge in [0.05, 0.1) is 5.56 Å². The molecule has 0 aromatic heterocycles. The molecule has 4 rings (SSSR count). The van der Waals surface area contributed by atoms with Gasteiger partial charge in [-0.2, -0.15) is 0 Å². The molecule has 202 valence electrons. The van der Waals surface area contributed by atoms with E-state index in [1.165, 1.54) is 19.1 Å². The van der Waals surface area contributed by atoms with Crippen LogP contribution >= 0.6 is 11.6 Å². The molecule has 0 saturated carbocycles. The Morgan fingerprint density at radius 3 is 2.18 bits per heavy atom. The zero-order valence-electron chi connectivity index (χ0n) is 21.7. The van der Waals surface area contributed by atoms with Crippen molar-refractivity contribution in [3.63, 3.8) is 0 Å². The predicted octanol–water partition coefficient (Wildman–Crippen LogP) is 6.05. The Kier molecular flexibility index (Phi) is 7.10. The number of halogens is 1. The summed E-state index contributed by atoms with van der Waals surface area (Å²) in [6.07, 6.45) is 5.41. The van der Waals surface area contributed by atoms with Crippen molar-refractivity contribution < 1.29 is 39.9 Å². The molecule has 5 N–H and O–H groups in total. The number of aromatic hydroxyl groups is 5. The van der Waals surface area contributed by atoms with E-state index in [-0.39, 0.29) is 33.6 Å². The van der Waals surface area contributed by atoms with Crippen LogP contribution < -0.4 is 4.74 Å². The minimum Gasteiger partial charge on any atom is -0.507 e. The van der Waals surface area contributed by atoms with Gasteiger partial charge in [-0.15, -0.1) is 0 Å². The van der Waals surface area contributed by atoms with Gasteiger partial charge >= 0.3 is 0 Å². The van der Waals surface area contributed by atoms with Crippen molar-refractivity contribution in [2.24, 2.45) is 0 Å². The first-order chi connectivity index (χ1) is 18.2. The molecule has 0 aliphatic carbocycles. The lowest BCUT2D eigenvalue weighted by Gasteiger charge is -2.30. The van der Waals surface area contributed by atoms with E-state index in [0.717, 1.165) is 6.92 Å². The lowest BCUT2D eigenvalue weighted by molar-refractivity contribution is 0.100. The van der Waals surface area contributed by atoms with Gasteiger partial charge in [0.15, 0.2) is 11.6 Å². The van der Waals surface area contributed by atoms with Crippen molar-refractivity contribution in [3.05, 3.63) is 80.4 Å². The Bertz CT molecular complexity index is 1600. The second-order valence-corrected chi connectivity index (χ2v) is 10.2. The van der Waals surface area contributed by atoms with Gasteiger partial charge in [-0.05, 0) is 63.6 Å². The SMILES string of the molecule is CC(=O)c1c(O)c(C)c(O)c(Cc2c(O)c3c(c(C(=O)/C=C/c4ccccc4Cl)c2O)OC(C)(C)C=C3)c1O. The fourth-order valence-electron chi connectivity index (χ4n) is 4.45. The van der Waals surface area contributed by atoms with Crippen LogP contribution in [0.1, 0.15) is 69.3 Å². The molecule has 0 spiro atoms. The second-order valence-electron chi connectivity index (χ2n) is 9.81. The van der Waals surface area contributed by atoms with Crippen molar-refractivity contribution in [1.29, 1.82) is 0 Å². The Balaban J connectivity index is 1.94. The van der Waals surface area contributed by atoms with Crippen LogP contribution in [-0.4, -0.2) is 42.7 Å². The minimum atomic E-state index is -0.865. The molecule has 39 heavy (non-hydrogen) atoms. The molecule has 0 fully saturated rings. The predicted molar refractivity (Wildman–Crippen MR) is 147 cm³/mol. The number of fused-ring (bicyclic) bond motifs is 1. The van der Waals surface area contributed by atoms with Gasteiger partial charge in [-0.3, -0.25) is 9.59 Å². The number of carbonyl (C=O) groups excluding carboxylic acids is 2. The van der Waals surface area contributed by atoms with Crippen molar-refractivity contribution in [1.82, 2.24) is 0 Å². The highest BCUT2D eigenvalue weighted by Crippen LogP contribution is 2.50. The van der Waals surface area contributed by atoms with Crippen LogP contribution in [0.5, 0.6) is 34.5 Å². The van der Waals surface area contributed by atoms with E-state index < -0.39 is 57.9 Å². The molecule has 0 bridgehead atoms. The van der Waals surface area contributed by atoms with Crippen molar-refractivity contribution in [3.8, 4) is 34.5 Å². The number of phenols is 5. The van der Waals surface area contributed by atoms with Crippen LogP contribution in [0.25, 0.3) is 12.2 Å². The molecule has 3 aromatic carbocycles. The first-order valence-corrected chi connectivity index (χ1v) is 12.4. The van der Waals surface area contributed by atoms with Crippen LogP contribution in [0.2, 0.25) is 5.02 Å². The van der Waals surface area contributed by atoms with E-state index in [4.69, 9.17) is 16.3 Å². The summed E-state index contributed by atoms with van der Waals surface area (Å²) >= 11 is 6.19. The summed E-state index contributed by atoms with van der Waals surface area (Å²) in [7, 11) is 0. The van der Waals surface area contributed by atoms with Gasteiger partial charge in [0.25, 0.3) is 0 Å². The Hall–Kier alpha value is -4.43. The quantitative estimate of drug-likeness (QED) is 0.184. The molecule has 0 saturated heterocycles. The van der Waals surface area contributed by atoms with E-state index in [0.29, 0.717) is 10.6 Å². The highest BCUT2D eigenvalue weighted by molar-refractivity contribution is 6.32. The summed E-state index contributed by atoms with van der Waals surface area (Å²) in [5.41, 5.74) is -1.37. The number of hydrogen-bond acceptors (Lipinski definition) is 8. The minimum absolute atomic E-state index is 0.0465. The number of phenolic OH excluding ortho intramolecular Hbond substituents is 5. The number of hydrogen-bond donors (Lipinski definition) is 5. The Morgan fingerprint density at radius 2 is 1.54 bits per heavy atom. The summed E-state index contributed by atoms with van der Waals surface area (Å²) in [5, 5.41) is 54.7. The zero-order chi connectivity index (χ0) is 28.8. The average molecular weight is 551 g/mol. The Labute approximate surface area is 229 Å². The summed E-state index contributed by atoms with van der Waals surface area (Å²) in [4.78, 5) is 25.6. The maximum atomic E-state index is 13.5. The van der Waals surface area contributed by atoms with Crippen LogP contribution in [0.4, 0.5) is 0 Å². The summed E-state index contributed by atoms with van der Waals surface area (Å²) in [5.74, 6) is -4.28. The van der Waals surface area contributed by atoms with Crippen LogP contribution in [-0.2, 0) is 6.42 Å². The molecule has 0 radical (unpaired) electrons. The van der Waals surface area contributed by atoms with Crippen molar-refractivity contribution >= 4 is 35.3 Å². The number of rotatable bonds is 6. The summed E-state index contributed by atoms with van der Waals surface area (Å²) < 4.78 is 5.98. The number of allylic oxidation sites excluding steroid dienone is 1. The third kappa shape index (κ3) is 4.91. The van der Waals surface area contributed by atoms with Crippen molar-refractivity contribution in [2.75, 3.05) is 0 Å². The lowest BCUT2D eigenvalue weighted by Crippen LogP contribution is -2.28. The molecule has 3 aromatic rings. The van der Waals surface area contributed by atoms with Gasteiger partial charge in [0.2, 0.25) is 0 Å². The third-order valence-corrected chi connectivity index (χ3v) is 6.92. The fraction of sp³-hybridized carbons (Fsp3) is 0.200. The molecular weight excluding hydrogens is 524 g/mol. The number of benzene rings is 3. The normalized spacial score (nSPS) is 13.8. The van der Waals surface area contributed by atoms with E-state index in [1.807, 2.05) is 0 Å². The molecular formula is C30H27ClO8. The number of ether oxygens (including phenoxy) is 1. The molecule has 1 aliphatic heterocycles. The molecule has 9 heteroatoms. The van der Waals surface area contributed by atoms with E-state index in [1.54, 1.807) is 50.3 Å². The van der Waals surface area contributed by atoms with Gasteiger partial charge < -0.3 is 30.3 Å². The fourth-order valence-corrected chi connectivity index (χ4v) is 4.65. The highest BCUT2D eigenvalue weighted by atomic mass is 35.5. The van der Waals surface area contributed by atoms with Gasteiger partial charge in [-0.25, -0.2) is 0 Å². The third-order valence-electron chi connectivity index (χ3n) is 6.58. The first kappa shape index (κ1) is 27.6. The van der Waals surface area contributed by atoms with Crippen LogP contribution in [0.3, 0.4) is 0 Å². The maximum absolute atomic E-state index is 13.5. The van der Waals surface area contributed by atoms with E-state index in [9.17, 15) is 35.1 Å². The number of ketones is 2. The van der Waals surface area contributed by atoms with E-state index >= 15 is 0 Å². The lowest BCUT2D eigenvalue weighted by atomic mass is 9.89. The van der Waals surface area contributed by atoms with Crippen LogP contribution in [0.15, 0.2) is 36.4 Å². The molecule has 1 heterocycles. The van der Waals surface area contributed by atoms with Crippen LogP contribution in [0, 0.1) is 6.92 Å². The standard InChI is InChI=1S/C30H27ClO8/c1-14-24(34)18(27(37)22(15(2)32)25(14)35)13-19-26(36)17-11-12-30(3,4)39-29(17)23(28(19)38)21(33)10-9-16-7-5-6-8-20(16)31/h5-12,34-38H,13H2,1-4H3/b10-9+. The van der Waals surface area contributed by atoms with Gasteiger partial charge in [0, 0.05) is 28.1 Å². The molecule has 0 amide bonds. The second kappa shape index (κ2) is 10.0. The molecule has 8 nitrogen and oxygen atoms in total. The number of carbonyl (C=O) groups is 2. The molecule has 1 aliphatic rings. The monoisotopic (exact) mass is 550 g/mol. The molecule has 0 atom stereocenters. The summed E-state index contributed by atoms with van der Waals surface area (Å²) in [6, 6.07) is 6.86. The molecule has 0 unspecified atom stereocenters. The first-order valence-electron chi connectivity index (χ1n) is 12.0. The smallest absolute Gasteiger partial charge is 0.193 e. The van der Waals surface area contributed by atoms with Gasteiger partial charge in [0.1, 0.15) is 51.2 Å². The maximum Gasteiger partial charge on any atom is 0.193 e. The number of Topliss-reactive ketones (excluding diaryl/α,β-unsaturated/α-hetero) is 1. The topological polar surface area (TPSA) is 145 Å². The summed E-state index contributed by atoms with van der Waals surface area (Å²) in [6.45, 7) is 5.95.